The number of pyridine rings is 1. The van der Waals surface area contributed by atoms with E-state index in [1.807, 2.05) is 0 Å². The molecule has 0 bridgehead atoms. The minimum Gasteiger partial charge on any atom is -0.318 e. The fourth-order valence-electron chi connectivity index (χ4n) is 1.22. The monoisotopic (exact) mass is 243 g/mol. The lowest BCUT2D eigenvalue weighted by atomic mass is 10.3. The van der Waals surface area contributed by atoms with Gasteiger partial charge in [-0.2, -0.15) is 0 Å². The number of sulfonamides is 1. The number of hydrogen-bond acceptors (Lipinski definition) is 4. The predicted octanol–water partition coefficient (Wildman–Crippen LogP) is 0.109. The van der Waals surface area contributed by atoms with E-state index in [2.05, 4.69) is 15.0 Å². The Labute approximate surface area is 96.3 Å². The lowest BCUT2D eigenvalue weighted by Crippen LogP contribution is -2.37. The first kappa shape index (κ1) is 13.1. The van der Waals surface area contributed by atoms with Gasteiger partial charge in [0, 0.05) is 25.5 Å². The zero-order valence-corrected chi connectivity index (χ0v) is 10.3. The highest BCUT2D eigenvalue weighted by molar-refractivity contribution is 7.90. The van der Waals surface area contributed by atoms with Gasteiger partial charge in [-0.3, -0.25) is 4.98 Å². The third-order valence-electron chi connectivity index (χ3n) is 2.25. The Kier molecular flexibility index (Phi) is 4.85. The van der Waals surface area contributed by atoms with E-state index >= 15 is 0 Å². The molecule has 0 aliphatic rings. The Morgan fingerprint density at radius 2 is 2.00 bits per heavy atom. The van der Waals surface area contributed by atoms with E-state index in [0.717, 1.165) is 5.56 Å². The summed E-state index contributed by atoms with van der Waals surface area (Å²) in [5.74, 6) is 0. The minimum absolute atomic E-state index is 0.304. The van der Waals surface area contributed by atoms with Crippen molar-refractivity contribution in [2.45, 2.75) is 18.7 Å². The summed E-state index contributed by atoms with van der Waals surface area (Å²) in [5, 5.41) is 2.40. The van der Waals surface area contributed by atoms with Crippen LogP contribution in [0.2, 0.25) is 0 Å². The zero-order valence-electron chi connectivity index (χ0n) is 9.47. The molecule has 0 spiro atoms. The summed E-state index contributed by atoms with van der Waals surface area (Å²) in [6.45, 7) is 2.41. The second-order valence-electron chi connectivity index (χ2n) is 3.59. The molecule has 1 rings (SSSR count). The van der Waals surface area contributed by atoms with Crippen molar-refractivity contribution in [1.29, 1.82) is 0 Å². The second-order valence-corrected chi connectivity index (χ2v) is 5.77. The molecule has 5 nitrogen and oxygen atoms in total. The maximum absolute atomic E-state index is 11.7. The maximum Gasteiger partial charge on any atom is 0.215 e. The summed E-state index contributed by atoms with van der Waals surface area (Å²) in [4.78, 5) is 3.87. The molecule has 0 saturated heterocycles. The topological polar surface area (TPSA) is 71.1 Å². The van der Waals surface area contributed by atoms with Gasteiger partial charge in [-0.25, -0.2) is 13.1 Å². The van der Waals surface area contributed by atoms with E-state index in [0.29, 0.717) is 13.1 Å². The molecule has 2 N–H and O–H groups in total. The molecule has 1 unspecified atom stereocenters. The Balaban J connectivity index is 2.55. The second kappa shape index (κ2) is 5.93. The van der Waals surface area contributed by atoms with Crippen molar-refractivity contribution < 1.29 is 8.42 Å². The van der Waals surface area contributed by atoms with E-state index in [1.165, 1.54) is 0 Å². The lowest BCUT2D eigenvalue weighted by molar-refractivity contribution is 0.563. The SMILES string of the molecule is CNCC(C)S(=O)(=O)NCc1ccncc1. The normalized spacial score (nSPS) is 13.6. The molecule has 16 heavy (non-hydrogen) atoms. The molecule has 90 valence electrons. The van der Waals surface area contributed by atoms with Gasteiger partial charge in [0.15, 0.2) is 0 Å². The molecule has 0 aliphatic heterocycles. The molecular weight excluding hydrogens is 226 g/mol. The van der Waals surface area contributed by atoms with Crippen molar-refractivity contribution in [3.8, 4) is 0 Å². The number of rotatable bonds is 6. The fourth-order valence-corrected chi connectivity index (χ4v) is 2.26. The van der Waals surface area contributed by atoms with Gasteiger partial charge in [-0.15, -0.1) is 0 Å². The van der Waals surface area contributed by atoms with Crippen LogP contribution in [-0.4, -0.2) is 32.2 Å². The summed E-state index contributed by atoms with van der Waals surface area (Å²) in [5.41, 5.74) is 0.898. The molecule has 1 heterocycles. The van der Waals surface area contributed by atoms with Gasteiger partial charge in [-0.1, -0.05) is 0 Å². The van der Waals surface area contributed by atoms with E-state index in [-0.39, 0.29) is 0 Å². The van der Waals surface area contributed by atoms with Gasteiger partial charge >= 0.3 is 0 Å². The van der Waals surface area contributed by atoms with Crippen LogP contribution in [0.5, 0.6) is 0 Å². The van der Waals surface area contributed by atoms with Crippen LogP contribution in [-0.2, 0) is 16.6 Å². The first-order valence-electron chi connectivity index (χ1n) is 5.08. The summed E-state index contributed by atoms with van der Waals surface area (Å²) >= 11 is 0. The number of aromatic nitrogens is 1. The predicted molar refractivity (Wildman–Crippen MR) is 63.4 cm³/mol. The van der Waals surface area contributed by atoms with Gasteiger partial charge in [0.25, 0.3) is 0 Å². The Bertz CT molecular complexity index is 405. The summed E-state index contributed by atoms with van der Waals surface area (Å²) < 4.78 is 26.0. The van der Waals surface area contributed by atoms with Crippen LogP contribution in [0.25, 0.3) is 0 Å². The molecule has 0 saturated carbocycles. The molecule has 0 aromatic carbocycles. The van der Waals surface area contributed by atoms with Gasteiger partial charge in [0.2, 0.25) is 10.0 Å². The third-order valence-corrected chi connectivity index (χ3v) is 4.02. The molecule has 0 radical (unpaired) electrons. The highest BCUT2D eigenvalue weighted by atomic mass is 32.2. The van der Waals surface area contributed by atoms with Crippen LogP contribution in [0.1, 0.15) is 12.5 Å². The van der Waals surface area contributed by atoms with Crippen molar-refractivity contribution in [2.75, 3.05) is 13.6 Å². The highest BCUT2D eigenvalue weighted by Crippen LogP contribution is 2.00. The van der Waals surface area contributed by atoms with Crippen LogP contribution in [0.4, 0.5) is 0 Å². The average Bonchev–Trinajstić information content (AvgIpc) is 2.28. The van der Waals surface area contributed by atoms with Gasteiger partial charge in [0.05, 0.1) is 5.25 Å². The quantitative estimate of drug-likeness (QED) is 0.744. The Morgan fingerprint density at radius 1 is 1.38 bits per heavy atom. The lowest BCUT2D eigenvalue weighted by Gasteiger charge is -2.13. The van der Waals surface area contributed by atoms with E-state index < -0.39 is 15.3 Å². The standard InChI is InChI=1S/C10H17N3O2S/c1-9(7-11-2)16(14,15)13-8-10-3-5-12-6-4-10/h3-6,9,11,13H,7-8H2,1-2H3. The fraction of sp³-hybridized carbons (Fsp3) is 0.500. The van der Waals surface area contributed by atoms with Crippen LogP contribution in [0, 0.1) is 0 Å². The van der Waals surface area contributed by atoms with Crippen LogP contribution in [0.3, 0.4) is 0 Å². The van der Waals surface area contributed by atoms with E-state index in [9.17, 15) is 8.42 Å². The minimum atomic E-state index is -3.25. The molecule has 1 atom stereocenters. The van der Waals surface area contributed by atoms with Gasteiger partial charge in [0.1, 0.15) is 0 Å². The largest absolute Gasteiger partial charge is 0.318 e. The summed E-state index contributed by atoms with van der Waals surface area (Å²) in [6, 6.07) is 3.57. The third kappa shape index (κ3) is 3.88. The van der Waals surface area contributed by atoms with Crippen LogP contribution >= 0.6 is 0 Å². The summed E-state index contributed by atoms with van der Waals surface area (Å²) in [7, 11) is -1.52. The van der Waals surface area contributed by atoms with Crippen LogP contribution < -0.4 is 10.0 Å². The molecule has 0 amide bonds. The smallest absolute Gasteiger partial charge is 0.215 e. The number of hydrogen-bond donors (Lipinski definition) is 2. The van der Waals surface area contributed by atoms with Crippen molar-refractivity contribution in [3.05, 3.63) is 30.1 Å². The first-order valence-corrected chi connectivity index (χ1v) is 6.63. The molecule has 6 heteroatoms. The Morgan fingerprint density at radius 3 is 2.56 bits per heavy atom. The molecule has 0 fully saturated rings. The summed E-state index contributed by atoms with van der Waals surface area (Å²) in [6.07, 6.45) is 3.28. The number of nitrogens with zero attached hydrogens (tertiary/aromatic N) is 1. The van der Waals surface area contributed by atoms with Crippen LogP contribution in [0.15, 0.2) is 24.5 Å². The van der Waals surface area contributed by atoms with Crippen molar-refractivity contribution in [1.82, 2.24) is 15.0 Å². The number of nitrogens with one attached hydrogen (secondary N) is 2. The molecule has 1 aromatic rings. The van der Waals surface area contributed by atoms with Crippen molar-refractivity contribution in [2.24, 2.45) is 0 Å². The van der Waals surface area contributed by atoms with E-state index in [4.69, 9.17) is 0 Å². The molecule has 0 aliphatic carbocycles. The molecular formula is C10H17N3O2S. The average molecular weight is 243 g/mol. The van der Waals surface area contributed by atoms with Gasteiger partial charge < -0.3 is 5.32 Å². The highest BCUT2D eigenvalue weighted by Gasteiger charge is 2.18. The van der Waals surface area contributed by atoms with Crippen molar-refractivity contribution in [3.63, 3.8) is 0 Å². The maximum atomic E-state index is 11.7. The first-order chi connectivity index (χ1) is 7.56. The van der Waals surface area contributed by atoms with Crippen molar-refractivity contribution >= 4 is 10.0 Å². The zero-order chi connectivity index (χ0) is 12.0. The van der Waals surface area contributed by atoms with Gasteiger partial charge in [-0.05, 0) is 31.7 Å². The Hall–Kier alpha value is -0.980. The molecule has 1 aromatic heterocycles. The van der Waals surface area contributed by atoms with E-state index in [1.54, 1.807) is 38.5 Å².